The van der Waals surface area contributed by atoms with Gasteiger partial charge in [0.25, 0.3) is 0 Å². The summed E-state index contributed by atoms with van der Waals surface area (Å²) in [5.74, 6) is -0.704. The molecular weight excluding hydrogens is 654 g/mol. The Bertz CT molecular complexity index is 1580. The zero-order chi connectivity index (χ0) is 34.0. The number of ether oxygens (including phenoxy) is 3. The van der Waals surface area contributed by atoms with E-state index in [2.05, 4.69) is 6.92 Å². The quantitative estimate of drug-likeness (QED) is 0.0603. The number of benzene rings is 2. The van der Waals surface area contributed by atoms with Gasteiger partial charge in [-0.1, -0.05) is 62.6 Å². The first-order chi connectivity index (χ1) is 22.5. The average molecular weight is 695 g/mol. The van der Waals surface area contributed by atoms with Crippen LogP contribution in [0, 0.1) is 5.92 Å². The van der Waals surface area contributed by atoms with Gasteiger partial charge in [-0.15, -0.1) is 11.3 Å². The van der Waals surface area contributed by atoms with Gasteiger partial charge in [0.2, 0.25) is 0 Å². The van der Waals surface area contributed by atoms with Crippen LogP contribution in [0.5, 0.6) is 5.75 Å². The van der Waals surface area contributed by atoms with Crippen molar-refractivity contribution in [1.29, 1.82) is 0 Å². The van der Waals surface area contributed by atoms with E-state index >= 15 is 0 Å². The summed E-state index contributed by atoms with van der Waals surface area (Å²) in [5, 5.41) is 0. The highest BCUT2D eigenvalue weighted by molar-refractivity contribution is 7.87. The van der Waals surface area contributed by atoms with Crippen LogP contribution in [-0.4, -0.2) is 34.1 Å². The van der Waals surface area contributed by atoms with Crippen molar-refractivity contribution in [3.8, 4) is 5.75 Å². The Kier molecular flexibility index (Phi) is 12.9. The molecule has 12 heteroatoms. The lowest BCUT2D eigenvalue weighted by Crippen LogP contribution is -2.26. The SMILES string of the molecule is CCCCCC(OCc1ccc(OC)cc1)c1ccc([C@H]2C(OS(=O)(=O)C(F)(F)F)=CCC2CCCc2ccc(C(=O)OC)s2)cc1. The topological polar surface area (TPSA) is 88.1 Å². The number of carbonyl (C=O) groups excluding carboxylic acids is 1. The third-order valence-corrected chi connectivity index (χ3v) is 10.4. The fourth-order valence-corrected chi connectivity index (χ4v) is 7.25. The Morgan fingerprint density at radius 2 is 1.70 bits per heavy atom. The Morgan fingerprint density at radius 1 is 0.979 bits per heavy atom. The van der Waals surface area contributed by atoms with E-state index in [-0.39, 0.29) is 17.8 Å². The molecule has 4 rings (SSSR count). The maximum Gasteiger partial charge on any atom is 0.534 e. The summed E-state index contributed by atoms with van der Waals surface area (Å²) in [6, 6.07) is 18.7. The fraction of sp³-hybridized carbons (Fsp3) is 0.457. The Balaban J connectivity index is 1.51. The first-order valence-corrected chi connectivity index (χ1v) is 17.9. The summed E-state index contributed by atoms with van der Waals surface area (Å²) in [4.78, 5) is 13.3. The second kappa shape index (κ2) is 16.7. The molecule has 0 spiro atoms. The Labute approximate surface area is 278 Å². The van der Waals surface area contributed by atoms with Crippen LogP contribution in [0.4, 0.5) is 13.2 Å². The van der Waals surface area contributed by atoms with Crippen molar-refractivity contribution in [2.45, 2.75) is 82.4 Å². The van der Waals surface area contributed by atoms with Crippen molar-refractivity contribution in [3.63, 3.8) is 0 Å². The molecule has 0 N–H and O–H groups in total. The van der Waals surface area contributed by atoms with Crippen LogP contribution in [0.15, 0.2) is 72.5 Å². The monoisotopic (exact) mass is 694 g/mol. The molecule has 1 aliphatic carbocycles. The molecule has 0 amide bonds. The van der Waals surface area contributed by atoms with Crippen molar-refractivity contribution in [1.82, 2.24) is 0 Å². The van der Waals surface area contributed by atoms with Crippen LogP contribution >= 0.6 is 11.3 Å². The molecule has 3 aromatic rings. The molecule has 3 atom stereocenters. The molecular formula is C35H41F3O7S2. The second-order valence-electron chi connectivity index (χ2n) is 11.5. The summed E-state index contributed by atoms with van der Waals surface area (Å²) >= 11 is 1.34. The van der Waals surface area contributed by atoms with E-state index in [9.17, 15) is 26.4 Å². The number of unbranched alkanes of at least 4 members (excludes halogenated alkanes) is 2. The summed E-state index contributed by atoms with van der Waals surface area (Å²) in [6.07, 6.45) is 7.47. The summed E-state index contributed by atoms with van der Waals surface area (Å²) in [7, 11) is -2.89. The van der Waals surface area contributed by atoms with E-state index < -0.39 is 27.5 Å². The van der Waals surface area contributed by atoms with Crippen LogP contribution in [0.2, 0.25) is 0 Å². The van der Waals surface area contributed by atoms with Crippen molar-refractivity contribution < 1.29 is 44.8 Å². The molecule has 0 radical (unpaired) electrons. The van der Waals surface area contributed by atoms with Crippen LogP contribution in [0.1, 0.15) is 95.1 Å². The van der Waals surface area contributed by atoms with Crippen LogP contribution in [0.3, 0.4) is 0 Å². The number of aryl methyl sites for hydroxylation is 1. The van der Waals surface area contributed by atoms with Gasteiger partial charge in [-0.2, -0.15) is 21.6 Å². The van der Waals surface area contributed by atoms with E-state index in [0.29, 0.717) is 42.7 Å². The van der Waals surface area contributed by atoms with Crippen LogP contribution < -0.4 is 4.74 Å². The third kappa shape index (κ3) is 9.84. The lowest BCUT2D eigenvalue weighted by atomic mass is 9.84. The highest BCUT2D eigenvalue weighted by Gasteiger charge is 2.50. The van der Waals surface area contributed by atoms with Crippen molar-refractivity contribution in [2.24, 2.45) is 5.92 Å². The van der Waals surface area contributed by atoms with Crippen molar-refractivity contribution >= 4 is 27.4 Å². The molecule has 0 fully saturated rings. The third-order valence-electron chi connectivity index (χ3n) is 8.28. The number of allylic oxidation sites excluding steroid dienone is 2. The molecule has 0 bridgehead atoms. The van der Waals surface area contributed by atoms with Crippen molar-refractivity contribution in [2.75, 3.05) is 14.2 Å². The second-order valence-corrected chi connectivity index (χ2v) is 14.2. The number of hydrogen-bond donors (Lipinski definition) is 0. The molecule has 1 aromatic heterocycles. The number of thiophene rings is 1. The highest BCUT2D eigenvalue weighted by atomic mass is 32.2. The maximum absolute atomic E-state index is 13.3. The van der Waals surface area contributed by atoms with E-state index in [1.54, 1.807) is 13.2 Å². The number of halogens is 3. The standard InChI is InChI=1S/C35H41F3O7S2/c1-4-5-6-10-30(44-23-24-11-18-28(42-2)19-12-24)25-13-15-27(16-14-25)33-26(17-21-31(33)45-47(40,41)35(36,37)38)8-7-9-29-20-22-32(46-29)34(39)43-3/h11-16,18-22,26,30,33H,4-10,17,23H2,1-3H3/t26?,30?,33-/m0/s1. The smallest absolute Gasteiger partial charge is 0.497 e. The molecule has 256 valence electrons. The van der Waals surface area contributed by atoms with Gasteiger partial charge >= 0.3 is 21.6 Å². The van der Waals surface area contributed by atoms with Gasteiger partial charge in [0, 0.05) is 10.8 Å². The number of rotatable bonds is 17. The minimum Gasteiger partial charge on any atom is -0.497 e. The van der Waals surface area contributed by atoms with Gasteiger partial charge in [0.05, 0.1) is 26.9 Å². The molecule has 0 saturated carbocycles. The number of methoxy groups -OCH3 is 2. The van der Waals surface area contributed by atoms with Gasteiger partial charge in [-0.05, 0) is 85.1 Å². The van der Waals surface area contributed by atoms with E-state index in [0.717, 1.165) is 47.4 Å². The highest BCUT2D eigenvalue weighted by Crippen LogP contribution is 2.45. The minimum atomic E-state index is -5.83. The van der Waals surface area contributed by atoms with Gasteiger partial charge in [-0.3, -0.25) is 0 Å². The predicted molar refractivity (Wildman–Crippen MR) is 175 cm³/mol. The maximum atomic E-state index is 13.3. The molecule has 47 heavy (non-hydrogen) atoms. The average Bonchev–Trinajstić information content (AvgIpc) is 3.69. The van der Waals surface area contributed by atoms with E-state index in [4.69, 9.17) is 18.4 Å². The van der Waals surface area contributed by atoms with Gasteiger partial charge < -0.3 is 18.4 Å². The lowest BCUT2D eigenvalue weighted by Gasteiger charge is -2.25. The summed E-state index contributed by atoms with van der Waals surface area (Å²) in [6.45, 7) is 2.53. The van der Waals surface area contributed by atoms with E-state index in [1.165, 1.54) is 24.5 Å². The number of alkyl halides is 3. The van der Waals surface area contributed by atoms with Gasteiger partial charge in [0.1, 0.15) is 16.4 Å². The fourth-order valence-electron chi connectivity index (χ4n) is 5.77. The molecule has 0 saturated heterocycles. The largest absolute Gasteiger partial charge is 0.534 e. The Morgan fingerprint density at radius 3 is 2.34 bits per heavy atom. The van der Waals surface area contributed by atoms with Crippen molar-refractivity contribution in [3.05, 3.63) is 98.9 Å². The van der Waals surface area contributed by atoms with Gasteiger partial charge in [0.15, 0.2) is 0 Å². The Hall–Kier alpha value is -3.35. The number of hydrogen-bond acceptors (Lipinski definition) is 8. The molecule has 1 aliphatic rings. The molecule has 2 unspecified atom stereocenters. The van der Waals surface area contributed by atoms with Crippen LogP contribution in [-0.2, 0) is 36.8 Å². The number of carbonyl (C=O) groups is 1. The molecule has 2 aromatic carbocycles. The first-order valence-electron chi connectivity index (χ1n) is 15.7. The lowest BCUT2D eigenvalue weighted by molar-refractivity contribution is -0.0525. The summed E-state index contributed by atoms with van der Waals surface area (Å²) in [5.41, 5.74) is -2.93. The van der Waals surface area contributed by atoms with Crippen LogP contribution in [0.25, 0.3) is 0 Å². The minimum absolute atomic E-state index is 0.175. The molecule has 1 heterocycles. The first kappa shape index (κ1) is 36.5. The van der Waals surface area contributed by atoms with E-state index in [1.807, 2.05) is 54.6 Å². The predicted octanol–water partition coefficient (Wildman–Crippen LogP) is 9.26. The van der Waals surface area contributed by atoms with Gasteiger partial charge in [-0.25, -0.2) is 4.79 Å². The zero-order valence-electron chi connectivity index (χ0n) is 26.8. The number of esters is 1. The summed E-state index contributed by atoms with van der Waals surface area (Å²) < 4.78 is 85.0. The zero-order valence-corrected chi connectivity index (χ0v) is 28.4. The normalized spacial score (nSPS) is 17.3. The molecule has 7 nitrogen and oxygen atoms in total. The molecule has 0 aliphatic heterocycles.